The Labute approximate surface area is 127 Å². The van der Waals surface area contributed by atoms with Crippen LogP contribution >= 0.6 is 0 Å². The molecule has 0 atom stereocenters. The highest BCUT2D eigenvalue weighted by molar-refractivity contribution is 7.89. The lowest BCUT2D eigenvalue weighted by Gasteiger charge is -2.08. The van der Waals surface area contributed by atoms with Crippen molar-refractivity contribution in [2.24, 2.45) is 0 Å². The van der Waals surface area contributed by atoms with Crippen molar-refractivity contribution >= 4 is 16.0 Å². The smallest absolute Gasteiger partial charge is 0.341 e. The summed E-state index contributed by atoms with van der Waals surface area (Å²) in [7, 11) is -2.55. The molecule has 1 heterocycles. The summed E-state index contributed by atoms with van der Waals surface area (Å²) < 4.78 is 44.1. The number of pyridine rings is 1. The molecular formula is C14H13FN2O4S. The van der Waals surface area contributed by atoms with Crippen LogP contribution < -0.4 is 4.72 Å². The largest absolute Gasteiger partial charge is 0.456 e. The molecule has 6 nitrogen and oxygen atoms in total. The van der Waals surface area contributed by atoms with Gasteiger partial charge in [-0.15, -0.1) is 0 Å². The van der Waals surface area contributed by atoms with E-state index in [-0.39, 0.29) is 11.5 Å². The van der Waals surface area contributed by atoms with Gasteiger partial charge in [0.1, 0.15) is 12.4 Å². The number of sulfonamides is 1. The summed E-state index contributed by atoms with van der Waals surface area (Å²) in [6.45, 7) is -0.137. The minimum absolute atomic E-state index is 0.137. The molecule has 0 radical (unpaired) electrons. The molecule has 116 valence electrons. The lowest BCUT2D eigenvalue weighted by atomic mass is 10.2. The van der Waals surface area contributed by atoms with E-state index in [0.717, 1.165) is 18.2 Å². The van der Waals surface area contributed by atoms with Crippen LogP contribution in [-0.4, -0.2) is 26.4 Å². The molecule has 2 rings (SSSR count). The maximum atomic E-state index is 13.7. The molecule has 22 heavy (non-hydrogen) atoms. The first-order valence-electron chi connectivity index (χ1n) is 6.24. The molecule has 0 unspecified atom stereocenters. The van der Waals surface area contributed by atoms with Gasteiger partial charge < -0.3 is 4.74 Å². The molecule has 0 amide bonds. The first-order valence-corrected chi connectivity index (χ1v) is 7.72. The third-order valence-corrected chi connectivity index (χ3v) is 4.23. The lowest BCUT2D eigenvalue weighted by Crippen LogP contribution is -2.19. The van der Waals surface area contributed by atoms with E-state index in [2.05, 4.69) is 9.71 Å². The standard InChI is InChI=1S/C14H13FN2O4S/c1-16-22(19,20)11-5-6-13(15)12(8-11)14(18)21-9-10-4-2-3-7-17-10/h2-8,16H,9H2,1H3. The van der Waals surface area contributed by atoms with E-state index in [1.165, 1.54) is 13.2 Å². The maximum Gasteiger partial charge on any atom is 0.341 e. The number of benzene rings is 1. The van der Waals surface area contributed by atoms with Gasteiger partial charge in [0.15, 0.2) is 0 Å². The number of hydrogen-bond acceptors (Lipinski definition) is 5. The van der Waals surface area contributed by atoms with E-state index in [4.69, 9.17) is 4.74 Å². The van der Waals surface area contributed by atoms with Gasteiger partial charge in [-0.2, -0.15) is 0 Å². The number of hydrogen-bond donors (Lipinski definition) is 1. The Morgan fingerprint density at radius 2 is 2.09 bits per heavy atom. The highest BCUT2D eigenvalue weighted by Gasteiger charge is 2.19. The number of esters is 1. The average Bonchev–Trinajstić information content (AvgIpc) is 2.53. The Morgan fingerprint density at radius 1 is 1.32 bits per heavy atom. The summed E-state index contributed by atoms with van der Waals surface area (Å²) in [6.07, 6.45) is 1.53. The van der Waals surface area contributed by atoms with Crippen LogP contribution in [-0.2, 0) is 21.4 Å². The highest BCUT2D eigenvalue weighted by Crippen LogP contribution is 2.16. The van der Waals surface area contributed by atoms with E-state index in [1.54, 1.807) is 18.2 Å². The van der Waals surface area contributed by atoms with Crippen LogP contribution in [0.5, 0.6) is 0 Å². The third-order valence-electron chi connectivity index (χ3n) is 2.81. The van der Waals surface area contributed by atoms with Gasteiger partial charge in [-0.1, -0.05) is 6.07 Å². The second kappa shape index (κ2) is 6.63. The fourth-order valence-corrected chi connectivity index (χ4v) is 2.40. The topological polar surface area (TPSA) is 85.4 Å². The van der Waals surface area contributed by atoms with Gasteiger partial charge >= 0.3 is 5.97 Å². The number of aromatic nitrogens is 1. The second-order valence-corrected chi connectivity index (χ2v) is 6.13. The van der Waals surface area contributed by atoms with Crippen LogP contribution in [0.3, 0.4) is 0 Å². The van der Waals surface area contributed by atoms with Gasteiger partial charge in [-0.25, -0.2) is 22.3 Å². The predicted octanol–water partition coefficient (Wildman–Crippen LogP) is 1.49. The second-order valence-electron chi connectivity index (χ2n) is 4.25. The van der Waals surface area contributed by atoms with Crippen molar-refractivity contribution in [1.29, 1.82) is 0 Å². The van der Waals surface area contributed by atoms with E-state index >= 15 is 0 Å². The predicted molar refractivity (Wildman–Crippen MR) is 76.0 cm³/mol. The molecule has 1 aromatic carbocycles. The Kier molecular flexibility index (Phi) is 4.84. The molecule has 0 saturated heterocycles. The minimum Gasteiger partial charge on any atom is -0.456 e. The maximum absolute atomic E-state index is 13.7. The molecule has 0 saturated carbocycles. The molecule has 0 aliphatic rings. The lowest BCUT2D eigenvalue weighted by molar-refractivity contribution is 0.0462. The summed E-state index contributed by atoms with van der Waals surface area (Å²) in [5, 5.41) is 0. The summed E-state index contributed by atoms with van der Waals surface area (Å²) >= 11 is 0. The van der Waals surface area contributed by atoms with Crippen molar-refractivity contribution in [3.63, 3.8) is 0 Å². The van der Waals surface area contributed by atoms with Crippen LogP contribution in [0.1, 0.15) is 16.1 Å². The number of rotatable bonds is 5. The van der Waals surface area contributed by atoms with Crippen LogP contribution in [0.2, 0.25) is 0 Å². The third kappa shape index (κ3) is 3.66. The molecule has 0 fully saturated rings. The monoisotopic (exact) mass is 324 g/mol. The Bertz CT molecular complexity index is 779. The fourth-order valence-electron chi connectivity index (χ4n) is 1.65. The van der Waals surface area contributed by atoms with Crippen LogP contribution in [0.4, 0.5) is 4.39 Å². The molecule has 1 N–H and O–H groups in total. The molecular weight excluding hydrogens is 311 g/mol. The molecule has 0 bridgehead atoms. The van der Waals surface area contributed by atoms with E-state index < -0.39 is 27.4 Å². The first-order chi connectivity index (χ1) is 10.4. The molecule has 0 aliphatic carbocycles. The van der Waals surface area contributed by atoms with Crippen LogP contribution in [0, 0.1) is 5.82 Å². The Hall–Kier alpha value is -2.32. The van der Waals surface area contributed by atoms with Gasteiger partial charge in [0.25, 0.3) is 0 Å². The quantitative estimate of drug-likeness (QED) is 0.842. The fraction of sp³-hybridized carbons (Fsp3) is 0.143. The molecule has 2 aromatic rings. The SMILES string of the molecule is CNS(=O)(=O)c1ccc(F)c(C(=O)OCc2ccccn2)c1. The summed E-state index contributed by atoms with van der Waals surface area (Å²) in [5.41, 5.74) is 0.0440. The van der Waals surface area contributed by atoms with Gasteiger partial charge in [0.2, 0.25) is 10.0 Å². The van der Waals surface area contributed by atoms with Crippen molar-refractivity contribution in [3.8, 4) is 0 Å². The number of carbonyl (C=O) groups excluding carboxylic acids is 1. The van der Waals surface area contributed by atoms with Crippen molar-refractivity contribution in [1.82, 2.24) is 9.71 Å². The zero-order valence-electron chi connectivity index (χ0n) is 11.6. The van der Waals surface area contributed by atoms with Gasteiger partial charge in [-0.05, 0) is 37.4 Å². The number of nitrogens with one attached hydrogen (secondary N) is 1. The van der Waals surface area contributed by atoms with Gasteiger partial charge in [-0.3, -0.25) is 4.98 Å². The van der Waals surface area contributed by atoms with E-state index in [9.17, 15) is 17.6 Å². The summed E-state index contributed by atoms with van der Waals surface area (Å²) in [5.74, 6) is -1.82. The Balaban J connectivity index is 2.20. The number of carbonyl (C=O) groups is 1. The zero-order chi connectivity index (χ0) is 16.2. The van der Waals surface area contributed by atoms with Crippen molar-refractivity contribution < 1.29 is 22.3 Å². The van der Waals surface area contributed by atoms with Crippen LogP contribution in [0.15, 0.2) is 47.5 Å². The van der Waals surface area contributed by atoms with Crippen molar-refractivity contribution in [2.45, 2.75) is 11.5 Å². The number of ether oxygens (including phenoxy) is 1. The zero-order valence-corrected chi connectivity index (χ0v) is 12.4. The molecule has 0 spiro atoms. The average molecular weight is 324 g/mol. The van der Waals surface area contributed by atoms with Crippen LogP contribution in [0.25, 0.3) is 0 Å². The molecule has 8 heteroatoms. The number of nitrogens with zero attached hydrogens (tertiary/aromatic N) is 1. The highest BCUT2D eigenvalue weighted by atomic mass is 32.2. The van der Waals surface area contributed by atoms with E-state index in [1.807, 2.05) is 0 Å². The van der Waals surface area contributed by atoms with Crippen molar-refractivity contribution in [3.05, 3.63) is 59.7 Å². The minimum atomic E-state index is -3.77. The van der Waals surface area contributed by atoms with E-state index in [0.29, 0.717) is 5.69 Å². The normalized spacial score (nSPS) is 11.2. The molecule has 1 aromatic heterocycles. The summed E-state index contributed by atoms with van der Waals surface area (Å²) in [4.78, 5) is 15.6. The van der Waals surface area contributed by atoms with Crippen molar-refractivity contribution in [2.75, 3.05) is 7.05 Å². The summed E-state index contributed by atoms with van der Waals surface area (Å²) in [6, 6.07) is 7.97. The Morgan fingerprint density at radius 3 is 2.73 bits per heavy atom. The molecule has 0 aliphatic heterocycles. The first kappa shape index (κ1) is 16.1. The van der Waals surface area contributed by atoms with Gasteiger partial charge in [0, 0.05) is 6.20 Å². The number of halogens is 1. The van der Waals surface area contributed by atoms with Gasteiger partial charge in [0.05, 0.1) is 16.2 Å².